The summed E-state index contributed by atoms with van der Waals surface area (Å²) in [6.45, 7) is 2.22. The fraction of sp³-hybridized carbons (Fsp3) is 0.529. The van der Waals surface area contributed by atoms with Crippen LogP contribution in [0.5, 0.6) is 0 Å². The summed E-state index contributed by atoms with van der Waals surface area (Å²) in [7, 11) is -0.896. The molecule has 1 atom stereocenters. The van der Waals surface area contributed by atoms with Crippen molar-refractivity contribution in [1.29, 1.82) is 0 Å². The van der Waals surface area contributed by atoms with E-state index in [1.54, 1.807) is 4.31 Å². The van der Waals surface area contributed by atoms with Gasteiger partial charge in [-0.05, 0) is 49.6 Å². The zero-order valence-electron chi connectivity index (χ0n) is 13.3. The summed E-state index contributed by atoms with van der Waals surface area (Å²) < 4.78 is 24.8. The van der Waals surface area contributed by atoms with Crippen LogP contribution in [0.25, 0.3) is 5.57 Å². The van der Waals surface area contributed by atoms with E-state index in [4.69, 9.17) is 0 Å². The highest BCUT2D eigenvalue weighted by atomic mass is 32.2. The lowest BCUT2D eigenvalue weighted by Crippen LogP contribution is -2.33. The molecule has 0 aliphatic carbocycles. The van der Waals surface area contributed by atoms with Gasteiger partial charge >= 0.3 is 0 Å². The molecule has 1 aromatic carbocycles. The molecule has 0 saturated carbocycles. The number of sulfonamides is 1. The Morgan fingerprint density at radius 2 is 1.95 bits per heavy atom. The van der Waals surface area contributed by atoms with E-state index in [1.807, 2.05) is 0 Å². The summed E-state index contributed by atoms with van der Waals surface area (Å²) in [5.41, 5.74) is 3.98. The lowest BCUT2D eigenvalue weighted by Gasteiger charge is -2.27. The molecule has 1 saturated heterocycles. The molecule has 0 bridgehead atoms. The molecule has 0 N–H and O–H groups in total. The van der Waals surface area contributed by atoms with Gasteiger partial charge in [0, 0.05) is 19.1 Å². The van der Waals surface area contributed by atoms with Crippen LogP contribution in [-0.2, 0) is 10.0 Å². The SMILES string of the molecule is CN1CCCC1c1ccccc1C1=CCN(S(C)(=O)=O)CC1. The summed E-state index contributed by atoms with van der Waals surface area (Å²) in [4.78, 5) is 2.42. The summed E-state index contributed by atoms with van der Waals surface area (Å²) in [5.74, 6) is 0. The van der Waals surface area contributed by atoms with Crippen LogP contribution in [0.2, 0.25) is 0 Å². The molecule has 1 unspecified atom stereocenters. The molecule has 2 aliphatic heterocycles. The van der Waals surface area contributed by atoms with Crippen molar-refractivity contribution in [2.75, 3.05) is 32.9 Å². The Kier molecular flexibility index (Phi) is 4.39. The van der Waals surface area contributed by atoms with Crippen molar-refractivity contribution in [3.63, 3.8) is 0 Å². The Labute approximate surface area is 133 Å². The second-order valence-corrected chi connectivity index (χ2v) is 8.31. The summed E-state index contributed by atoms with van der Waals surface area (Å²) in [5, 5.41) is 0. The van der Waals surface area contributed by atoms with Crippen LogP contribution in [0.15, 0.2) is 30.3 Å². The molecule has 22 heavy (non-hydrogen) atoms. The van der Waals surface area contributed by atoms with E-state index < -0.39 is 10.0 Å². The molecule has 3 rings (SSSR count). The van der Waals surface area contributed by atoms with Gasteiger partial charge in [0.2, 0.25) is 10.0 Å². The first-order valence-corrected chi connectivity index (χ1v) is 9.75. The molecular weight excluding hydrogens is 296 g/mol. The van der Waals surface area contributed by atoms with E-state index in [1.165, 1.54) is 35.8 Å². The molecule has 0 amide bonds. The maximum Gasteiger partial charge on any atom is 0.211 e. The second kappa shape index (κ2) is 6.14. The van der Waals surface area contributed by atoms with E-state index in [-0.39, 0.29) is 0 Å². The van der Waals surface area contributed by atoms with Crippen molar-refractivity contribution in [3.8, 4) is 0 Å². The van der Waals surface area contributed by atoms with Crippen LogP contribution >= 0.6 is 0 Å². The van der Waals surface area contributed by atoms with Crippen molar-refractivity contribution < 1.29 is 8.42 Å². The number of hydrogen-bond acceptors (Lipinski definition) is 3. The van der Waals surface area contributed by atoms with Gasteiger partial charge in [-0.25, -0.2) is 8.42 Å². The Balaban J connectivity index is 1.89. The van der Waals surface area contributed by atoms with Crippen LogP contribution < -0.4 is 0 Å². The molecule has 0 radical (unpaired) electrons. The van der Waals surface area contributed by atoms with Crippen molar-refractivity contribution in [2.24, 2.45) is 0 Å². The molecule has 4 nitrogen and oxygen atoms in total. The number of nitrogens with zero attached hydrogens (tertiary/aromatic N) is 2. The van der Waals surface area contributed by atoms with Gasteiger partial charge in [0.25, 0.3) is 0 Å². The van der Waals surface area contributed by atoms with Gasteiger partial charge < -0.3 is 0 Å². The number of hydrogen-bond donors (Lipinski definition) is 0. The highest BCUT2D eigenvalue weighted by molar-refractivity contribution is 7.88. The number of rotatable bonds is 3. The highest BCUT2D eigenvalue weighted by Crippen LogP contribution is 2.36. The lowest BCUT2D eigenvalue weighted by atomic mass is 9.91. The molecule has 120 valence electrons. The smallest absolute Gasteiger partial charge is 0.211 e. The topological polar surface area (TPSA) is 40.6 Å². The predicted molar refractivity (Wildman–Crippen MR) is 90.1 cm³/mol. The first-order chi connectivity index (χ1) is 10.5. The normalized spacial score (nSPS) is 24.5. The molecule has 2 heterocycles. The van der Waals surface area contributed by atoms with Crippen molar-refractivity contribution in [1.82, 2.24) is 9.21 Å². The third-order valence-corrected chi connectivity index (χ3v) is 6.10. The van der Waals surface area contributed by atoms with Gasteiger partial charge in [-0.1, -0.05) is 30.3 Å². The van der Waals surface area contributed by atoms with E-state index in [0.29, 0.717) is 19.1 Å². The first kappa shape index (κ1) is 15.7. The average molecular weight is 320 g/mol. The van der Waals surface area contributed by atoms with Gasteiger partial charge in [0.05, 0.1) is 6.26 Å². The van der Waals surface area contributed by atoms with E-state index in [9.17, 15) is 8.42 Å². The van der Waals surface area contributed by atoms with Crippen molar-refractivity contribution in [3.05, 3.63) is 41.5 Å². The minimum atomic E-state index is -3.09. The Bertz CT molecular complexity index is 682. The number of benzene rings is 1. The maximum atomic E-state index is 11.6. The zero-order valence-corrected chi connectivity index (χ0v) is 14.1. The Morgan fingerprint density at radius 1 is 1.18 bits per heavy atom. The van der Waals surface area contributed by atoms with Gasteiger partial charge in [0.15, 0.2) is 0 Å². The molecule has 0 spiro atoms. The van der Waals surface area contributed by atoms with Gasteiger partial charge in [-0.15, -0.1) is 0 Å². The van der Waals surface area contributed by atoms with Crippen LogP contribution in [0.3, 0.4) is 0 Å². The summed E-state index contributed by atoms with van der Waals surface area (Å²) in [6, 6.07) is 9.09. The predicted octanol–water partition coefficient (Wildman–Crippen LogP) is 2.50. The summed E-state index contributed by atoms with van der Waals surface area (Å²) in [6.07, 6.45) is 6.61. The molecule has 0 aromatic heterocycles. The summed E-state index contributed by atoms with van der Waals surface area (Å²) >= 11 is 0. The van der Waals surface area contributed by atoms with Crippen molar-refractivity contribution >= 4 is 15.6 Å². The minimum absolute atomic E-state index is 0.489. The van der Waals surface area contributed by atoms with Gasteiger partial charge in [0.1, 0.15) is 0 Å². The quantitative estimate of drug-likeness (QED) is 0.859. The second-order valence-electron chi connectivity index (χ2n) is 6.33. The van der Waals surface area contributed by atoms with Gasteiger partial charge in [-0.2, -0.15) is 4.31 Å². The highest BCUT2D eigenvalue weighted by Gasteiger charge is 2.27. The molecule has 1 fully saturated rings. The zero-order chi connectivity index (χ0) is 15.7. The first-order valence-electron chi connectivity index (χ1n) is 7.90. The van der Waals surface area contributed by atoms with Gasteiger partial charge in [-0.3, -0.25) is 4.90 Å². The van der Waals surface area contributed by atoms with E-state index in [0.717, 1.165) is 13.0 Å². The molecule has 1 aromatic rings. The van der Waals surface area contributed by atoms with Crippen LogP contribution in [0.4, 0.5) is 0 Å². The third-order valence-electron chi connectivity index (χ3n) is 4.83. The third kappa shape index (κ3) is 3.12. The molecule has 2 aliphatic rings. The largest absolute Gasteiger partial charge is 0.299 e. The number of likely N-dealkylation sites (tertiary alicyclic amines) is 1. The molecule has 5 heteroatoms. The standard InChI is InChI=1S/C17H24N2O2S/c1-18-11-5-8-17(18)16-7-4-3-6-15(16)14-9-12-19(13-10-14)22(2,20)21/h3-4,6-7,9,17H,5,8,10-13H2,1-2H3. The Morgan fingerprint density at radius 3 is 2.55 bits per heavy atom. The minimum Gasteiger partial charge on any atom is -0.299 e. The fourth-order valence-corrected chi connectivity index (χ4v) is 4.35. The Hall–Kier alpha value is -1.17. The van der Waals surface area contributed by atoms with Crippen LogP contribution in [0, 0.1) is 0 Å². The lowest BCUT2D eigenvalue weighted by molar-refractivity contribution is 0.317. The maximum absolute atomic E-state index is 11.6. The van der Waals surface area contributed by atoms with E-state index in [2.05, 4.69) is 42.3 Å². The average Bonchev–Trinajstić information content (AvgIpc) is 2.92. The molecular formula is C17H24N2O2S. The monoisotopic (exact) mass is 320 g/mol. The van der Waals surface area contributed by atoms with Crippen LogP contribution in [0.1, 0.15) is 36.4 Å². The van der Waals surface area contributed by atoms with Crippen molar-refractivity contribution in [2.45, 2.75) is 25.3 Å². The van der Waals surface area contributed by atoms with E-state index >= 15 is 0 Å². The fourth-order valence-electron chi connectivity index (χ4n) is 3.58. The van der Waals surface area contributed by atoms with Crippen LogP contribution in [-0.4, -0.2) is 50.6 Å².